The zero-order valence-electron chi connectivity index (χ0n) is 39.1. The first-order valence-electron chi connectivity index (χ1n) is 24.1. The molecule has 1 aliphatic heterocycles. The summed E-state index contributed by atoms with van der Waals surface area (Å²) in [5.74, 6) is -1.58. The van der Waals surface area contributed by atoms with Crippen molar-refractivity contribution in [2.45, 2.75) is 89.4 Å². The van der Waals surface area contributed by atoms with Gasteiger partial charge in [0.15, 0.2) is 11.6 Å². The summed E-state index contributed by atoms with van der Waals surface area (Å²) in [5, 5.41) is 8.75. The molecule has 6 aromatic rings. The largest absolute Gasteiger partial charge is 0.493 e. The van der Waals surface area contributed by atoms with E-state index in [2.05, 4.69) is 11.8 Å². The van der Waals surface area contributed by atoms with Crippen LogP contribution in [-0.4, -0.2) is 80.3 Å². The summed E-state index contributed by atoms with van der Waals surface area (Å²) in [6.07, 6.45) is 11.2. The van der Waals surface area contributed by atoms with E-state index in [-0.39, 0.29) is 39.9 Å². The Morgan fingerprint density at radius 3 is 2.36 bits per heavy atom. The van der Waals surface area contributed by atoms with Gasteiger partial charge >= 0.3 is 17.9 Å². The number of esters is 3. The quantitative estimate of drug-likeness (QED) is 0.0137. The van der Waals surface area contributed by atoms with Crippen molar-refractivity contribution in [2.75, 3.05) is 37.9 Å². The minimum atomic E-state index is -0.947. The van der Waals surface area contributed by atoms with Crippen LogP contribution in [0.2, 0.25) is 0 Å². The molecule has 3 atom stereocenters. The number of fused-ring (bicyclic) bond motifs is 3. The smallest absolute Gasteiger partial charge is 0.343 e. The molecular formula is C55H55FN4O9S. The van der Waals surface area contributed by atoms with Crippen LogP contribution in [0, 0.1) is 24.2 Å². The fourth-order valence-corrected chi connectivity index (χ4v) is 9.85. The number of halogens is 1. The van der Waals surface area contributed by atoms with E-state index in [0.717, 1.165) is 85.0 Å². The van der Waals surface area contributed by atoms with Crippen LogP contribution in [0.3, 0.4) is 0 Å². The first-order valence-corrected chi connectivity index (χ1v) is 25.0. The number of hydrogen-bond donors (Lipinski definition) is 0. The molecule has 1 saturated heterocycles. The van der Waals surface area contributed by atoms with Crippen molar-refractivity contribution in [3.8, 4) is 17.2 Å². The SMILES string of the molecule is [C-]#[N+]CCCCN(/N=C/c1cc(C(=O)OC2CCC(C)CC2)ccc1OC(=O)c1ccc(OC(=O)c2ccc3cc(OCCCOCC4CCC5OC5C4)ccc3c2)c(F)c1)c1nc2ccccc2s1. The Kier molecular flexibility index (Phi) is 15.7. The molecule has 0 radical (unpaired) electrons. The molecule has 9 rings (SSSR count). The number of rotatable bonds is 20. The Bertz CT molecular complexity index is 2880. The highest BCUT2D eigenvalue weighted by Crippen LogP contribution is 2.39. The second kappa shape index (κ2) is 22.8. The average molecular weight is 967 g/mol. The number of para-hydroxylation sites is 1. The van der Waals surface area contributed by atoms with Gasteiger partial charge in [-0.1, -0.05) is 42.5 Å². The van der Waals surface area contributed by atoms with Gasteiger partial charge < -0.3 is 33.3 Å². The summed E-state index contributed by atoms with van der Waals surface area (Å²) in [7, 11) is 0. The zero-order valence-corrected chi connectivity index (χ0v) is 39.9. The lowest BCUT2D eigenvalue weighted by Crippen LogP contribution is -2.23. The van der Waals surface area contributed by atoms with E-state index in [9.17, 15) is 14.4 Å². The molecule has 3 fully saturated rings. The Balaban J connectivity index is 0.845. The average Bonchev–Trinajstić information content (AvgIpc) is 4.02. The molecule has 2 heterocycles. The predicted octanol–water partition coefficient (Wildman–Crippen LogP) is 11.7. The molecule has 0 bridgehead atoms. The Hall–Kier alpha value is -6.73. The summed E-state index contributed by atoms with van der Waals surface area (Å²) < 4.78 is 51.3. The topological polar surface area (TPSA) is 143 Å². The monoisotopic (exact) mass is 966 g/mol. The van der Waals surface area contributed by atoms with Crippen LogP contribution in [0.15, 0.2) is 102 Å². The number of anilines is 1. The zero-order chi connectivity index (χ0) is 48.4. The standard InChI is InChI=1S/C55H55FN4O9S/c1-35-10-18-43(19-11-35)66-52(61)40-16-22-47(42(30-40)33-58-60(25-6-5-24-57-2)55-59-46-8-3-4-9-51(46)70-55)68-54(63)41-17-23-48(45(56)32-41)69-53(62)39-14-13-38-31-44(20-15-37(38)29-39)65-27-7-26-64-34-36-12-21-49-50(28-36)67-49/h3-4,8-9,13-17,20,22-23,29-33,35-36,43,49-50H,5-7,10-12,18-19,21,24-28,34H2,1H3/b58-33+. The summed E-state index contributed by atoms with van der Waals surface area (Å²) in [6.45, 7) is 12.1. The van der Waals surface area contributed by atoms with E-state index in [1.807, 2.05) is 42.5 Å². The number of benzene rings is 5. The molecule has 3 aliphatic rings. The highest BCUT2D eigenvalue weighted by atomic mass is 32.1. The lowest BCUT2D eigenvalue weighted by Gasteiger charge is -2.26. The first-order chi connectivity index (χ1) is 34.1. The van der Waals surface area contributed by atoms with Crippen molar-refractivity contribution in [1.82, 2.24) is 4.98 Å². The van der Waals surface area contributed by atoms with Crippen LogP contribution in [0.4, 0.5) is 9.52 Å². The normalized spacial score (nSPS) is 19.6. The third kappa shape index (κ3) is 12.5. The van der Waals surface area contributed by atoms with E-state index in [1.165, 1.54) is 41.8 Å². The van der Waals surface area contributed by atoms with Gasteiger partial charge in [0, 0.05) is 38.2 Å². The fraction of sp³-hybridized carbons (Fsp3) is 0.382. The molecule has 5 aromatic carbocycles. The maximum Gasteiger partial charge on any atom is 0.343 e. The number of nitrogens with zero attached hydrogens (tertiary/aromatic N) is 4. The maximum atomic E-state index is 15.6. The van der Waals surface area contributed by atoms with E-state index in [0.29, 0.717) is 74.1 Å². The van der Waals surface area contributed by atoms with E-state index in [4.69, 9.17) is 45.1 Å². The fourth-order valence-electron chi connectivity index (χ4n) is 8.90. The van der Waals surface area contributed by atoms with Gasteiger partial charge in [0.05, 0.1) is 51.9 Å². The summed E-state index contributed by atoms with van der Waals surface area (Å²) in [5.41, 5.74) is 1.41. The van der Waals surface area contributed by atoms with E-state index in [1.54, 1.807) is 29.3 Å². The maximum absolute atomic E-state index is 15.6. The van der Waals surface area contributed by atoms with Crippen molar-refractivity contribution >= 4 is 61.6 Å². The van der Waals surface area contributed by atoms with Crippen LogP contribution >= 0.6 is 11.3 Å². The number of hydrogen-bond acceptors (Lipinski definition) is 13. The van der Waals surface area contributed by atoms with E-state index < -0.39 is 23.7 Å². The predicted molar refractivity (Wildman–Crippen MR) is 266 cm³/mol. The Morgan fingerprint density at radius 2 is 1.56 bits per heavy atom. The molecule has 0 spiro atoms. The summed E-state index contributed by atoms with van der Waals surface area (Å²) >= 11 is 1.46. The van der Waals surface area contributed by atoms with Crippen LogP contribution < -0.4 is 19.2 Å². The molecule has 15 heteroatoms. The second-order valence-corrected chi connectivity index (χ2v) is 19.3. The molecular weight excluding hydrogens is 912 g/mol. The van der Waals surface area contributed by atoms with Crippen molar-refractivity contribution in [1.29, 1.82) is 0 Å². The molecule has 0 N–H and O–H groups in total. The van der Waals surface area contributed by atoms with Crippen molar-refractivity contribution in [3.63, 3.8) is 0 Å². The van der Waals surface area contributed by atoms with Gasteiger partial charge in [0.2, 0.25) is 11.7 Å². The van der Waals surface area contributed by atoms with Gasteiger partial charge in [-0.3, -0.25) is 0 Å². The number of hydrazone groups is 1. The second-order valence-electron chi connectivity index (χ2n) is 18.3. The molecule has 2 aliphatic carbocycles. The highest BCUT2D eigenvalue weighted by molar-refractivity contribution is 7.22. The van der Waals surface area contributed by atoms with E-state index >= 15 is 4.39 Å². The number of carbonyl (C=O) groups excluding carboxylic acids is 3. The first kappa shape index (κ1) is 48.3. The van der Waals surface area contributed by atoms with Gasteiger partial charge in [-0.25, -0.2) is 35.3 Å². The third-order valence-electron chi connectivity index (χ3n) is 13.0. The summed E-state index contributed by atoms with van der Waals surface area (Å²) in [4.78, 5) is 48.6. The van der Waals surface area contributed by atoms with Crippen molar-refractivity contribution in [2.24, 2.45) is 16.9 Å². The minimum Gasteiger partial charge on any atom is -0.493 e. The molecule has 0 amide bonds. The van der Waals surface area contributed by atoms with Crippen LogP contribution in [0.1, 0.15) is 108 Å². The van der Waals surface area contributed by atoms with Gasteiger partial charge in [0.1, 0.15) is 17.6 Å². The number of carbonyl (C=O) groups is 3. The lowest BCUT2D eigenvalue weighted by molar-refractivity contribution is 0.0173. The van der Waals surface area contributed by atoms with Gasteiger partial charge in [-0.2, -0.15) is 5.10 Å². The number of thiazole rings is 1. The molecule has 3 unspecified atom stereocenters. The highest BCUT2D eigenvalue weighted by Gasteiger charge is 2.43. The van der Waals surface area contributed by atoms with Crippen LogP contribution in [0.5, 0.6) is 17.2 Å². The summed E-state index contributed by atoms with van der Waals surface area (Å²) in [6, 6.07) is 26.3. The number of aromatic nitrogens is 1. The van der Waals surface area contributed by atoms with Gasteiger partial charge in [-0.15, -0.1) is 0 Å². The van der Waals surface area contributed by atoms with Crippen molar-refractivity contribution in [3.05, 3.63) is 137 Å². The van der Waals surface area contributed by atoms with Gasteiger partial charge in [-0.05, 0) is 147 Å². The molecule has 13 nitrogen and oxygen atoms in total. The van der Waals surface area contributed by atoms with Crippen LogP contribution in [-0.2, 0) is 14.2 Å². The number of unbranched alkanes of at least 4 members (excludes halogenated alkanes) is 1. The van der Waals surface area contributed by atoms with Crippen LogP contribution in [0.25, 0.3) is 25.8 Å². The van der Waals surface area contributed by atoms with Crippen molar-refractivity contribution < 1.29 is 47.2 Å². The number of ether oxygens (including phenoxy) is 6. The molecule has 362 valence electrons. The molecule has 2 saturated carbocycles. The lowest BCUT2D eigenvalue weighted by atomic mass is 9.89. The van der Waals surface area contributed by atoms with Gasteiger partial charge in [0.25, 0.3) is 0 Å². The number of epoxide rings is 1. The Labute approximate surface area is 410 Å². The minimum absolute atomic E-state index is 0.0574. The Morgan fingerprint density at radius 1 is 0.814 bits per heavy atom. The third-order valence-corrected chi connectivity index (χ3v) is 14.0. The molecule has 70 heavy (non-hydrogen) atoms. The molecule has 1 aromatic heterocycles.